The molecule has 1 N–H and O–H groups in total. The molecule has 2 aromatic carbocycles. The third-order valence-corrected chi connectivity index (χ3v) is 7.44. The van der Waals surface area contributed by atoms with E-state index >= 15 is 0 Å². The molecule has 190 valence electrons. The maximum absolute atomic E-state index is 13.2. The molecular weight excluding hydrogens is 462 g/mol. The van der Waals surface area contributed by atoms with Gasteiger partial charge in [-0.05, 0) is 66.7 Å². The maximum Gasteiger partial charge on any atom is 0.314 e. The van der Waals surface area contributed by atoms with Crippen molar-refractivity contribution in [2.75, 3.05) is 6.54 Å². The van der Waals surface area contributed by atoms with Crippen LogP contribution in [0.25, 0.3) is 0 Å². The van der Waals surface area contributed by atoms with Gasteiger partial charge in [0.15, 0.2) is 0 Å². The molecule has 1 heterocycles. The van der Waals surface area contributed by atoms with E-state index in [0.29, 0.717) is 24.3 Å². The zero-order valence-corrected chi connectivity index (χ0v) is 21.4. The predicted molar refractivity (Wildman–Crippen MR) is 144 cm³/mol. The Hall–Kier alpha value is -3.86. The van der Waals surface area contributed by atoms with Crippen LogP contribution in [-0.4, -0.2) is 18.5 Å². The van der Waals surface area contributed by atoms with Crippen LogP contribution in [0.1, 0.15) is 39.5 Å². The Kier molecular flexibility index (Phi) is 7.13. The van der Waals surface area contributed by atoms with Crippen molar-refractivity contribution < 1.29 is 19.1 Å². The average molecular weight is 496 g/mol. The molecule has 0 radical (unpaired) electrons. The van der Waals surface area contributed by atoms with Crippen LogP contribution in [-0.2, 0) is 9.59 Å². The van der Waals surface area contributed by atoms with E-state index in [1.165, 1.54) is 11.1 Å². The van der Waals surface area contributed by atoms with Gasteiger partial charge < -0.3 is 14.8 Å². The highest BCUT2D eigenvalue weighted by Gasteiger charge is 2.50. The van der Waals surface area contributed by atoms with Crippen molar-refractivity contribution in [3.8, 4) is 11.5 Å². The molecule has 0 bridgehead atoms. The number of hydrogen-bond donors (Lipinski definition) is 1. The van der Waals surface area contributed by atoms with Gasteiger partial charge in [0.05, 0.1) is 11.8 Å². The second-order valence-corrected chi connectivity index (χ2v) is 10.1. The number of nitrogens with one attached hydrogen (secondary N) is 1. The highest BCUT2D eigenvalue weighted by atomic mass is 16.5. The molecule has 1 aliphatic heterocycles. The van der Waals surface area contributed by atoms with E-state index in [-0.39, 0.29) is 23.8 Å². The van der Waals surface area contributed by atoms with Gasteiger partial charge in [0, 0.05) is 17.7 Å². The van der Waals surface area contributed by atoms with Crippen molar-refractivity contribution >= 4 is 11.9 Å². The third-order valence-electron chi connectivity index (χ3n) is 7.44. The van der Waals surface area contributed by atoms with Crippen molar-refractivity contribution in [1.29, 1.82) is 0 Å². The van der Waals surface area contributed by atoms with Crippen molar-refractivity contribution in [3.05, 3.63) is 107 Å². The molecule has 0 spiro atoms. The monoisotopic (exact) mass is 495 g/mol. The molecule has 5 rings (SSSR count). The summed E-state index contributed by atoms with van der Waals surface area (Å²) in [6.07, 6.45) is 11.9. The first-order valence-corrected chi connectivity index (χ1v) is 13.1. The van der Waals surface area contributed by atoms with Gasteiger partial charge in [0.1, 0.15) is 11.5 Å². The van der Waals surface area contributed by atoms with Crippen molar-refractivity contribution in [3.63, 3.8) is 0 Å². The fraction of sp³-hybridized carbons (Fsp3) is 0.312. The number of fused-ring (bicyclic) bond motifs is 2. The Morgan fingerprint density at radius 2 is 1.38 bits per heavy atom. The van der Waals surface area contributed by atoms with Crippen LogP contribution >= 0.6 is 0 Å². The minimum atomic E-state index is -0.504. The van der Waals surface area contributed by atoms with Gasteiger partial charge in [-0.15, -0.1) is 0 Å². The van der Waals surface area contributed by atoms with Crippen molar-refractivity contribution in [2.24, 2.45) is 17.3 Å². The second-order valence-electron chi connectivity index (χ2n) is 10.1. The average Bonchev–Trinajstić information content (AvgIpc) is 3.19. The summed E-state index contributed by atoms with van der Waals surface area (Å²) in [4.78, 5) is 26.5. The summed E-state index contributed by atoms with van der Waals surface area (Å²) in [5.74, 6) is -0.234. The topological polar surface area (TPSA) is 64.6 Å². The van der Waals surface area contributed by atoms with Crippen LogP contribution in [0, 0.1) is 17.3 Å². The number of esters is 2. The molecule has 3 aliphatic rings. The Morgan fingerprint density at radius 1 is 0.838 bits per heavy atom. The summed E-state index contributed by atoms with van der Waals surface area (Å²) in [7, 11) is 0. The first-order valence-electron chi connectivity index (χ1n) is 13.1. The molecule has 37 heavy (non-hydrogen) atoms. The lowest BCUT2D eigenvalue weighted by Crippen LogP contribution is -2.34. The molecule has 0 amide bonds. The van der Waals surface area contributed by atoms with E-state index in [4.69, 9.17) is 9.47 Å². The van der Waals surface area contributed by atoms with E-state index in [2.05, 4.69) is 29.6 Å². The van der Waals surface area contributed by atoms with Crippen LogP contribution in [0.4, 0.5) is 0 Å². The normalized spacial score (nSPS) is 21.6. The van der Waals surface area contributed by atoms with Gasteiger partial charge in [0.2, 0.25) is 0 Å². The van der Waals surface area contributed by atoms with E-state index in [1.54, 1.807) is 24.3 Å². The summed E-state index contributed by atoms with van der Waals surface area (Å²) >= 11 is 0. The maximum atomic E-state index is 13.2. The van der Waals surface area contributed by atoms with E-state index in [9.17, 15) is 9.59 Å². The quantitative estimate of drug-likeness (QED) is 0.343. The Balaban J connectivity index is 1.46. The number of ether oxygens (including phenoxy) is 2. The lowest BCUT2D eigenvalue weighted by atomic mass is 9.65. The van der Waals surface area contributed by atoms with Crippen molar-refractivity contribution in [1.82, 2.24) is 5.32 Å². The van der Waals surface area contributed by atoms with Gasteiger partial charge in [-0.1, -0.05) is 74.5 Å². The van der Waals surface area contributed by atoms with E-state index < -0.39 is 5.41 Å². The molecule has 2 unspecified atom stereocenters. The fourth-order valence-electron chi connectivity index (χ4n) is 5.81. The Bertz CT molecular complexity index is 1230. The predicted octanol–water partition coefficient (Wildman–Crippen LogP) is 6.31. The van der Waals surface area contributed by atoms with Gasteiger partial charge in [-0.25, -0.2) is 0 Å². The molecule has 5 nitrogen and oxygen atoms in total. The molecule has 0 aromatic heterocycles. The number of benzene rings is 2. The molecule has 0 saturated carbocycles. The van der Waals surface area contributed by atoms with Gasteiger partial charge in [-0.2, -0.15) is 0 Å². The highest BCUT2D eigenvalue weighted by molar-refractivity contribution is 5.77. The number of carbonyl (C=O) groups is 2. The number of hydrogen-bond acceptors (Lipinski definition) is 5. The summed E-state index contributed by atoms with van der Waals surface area (Å²) < 4.78 is 11.4. The van der Waals surface area contributed by atoms with Gasteiger partial charge in [0.25, 0.3) is 0 Å². The minimum absolute atomic E-state index is 0.270. The lowest BCUT2D eigenvalue weighted by Gasteiger charge is -2.38. The summed E-state index contributed by atoms with van der Waals surface area (Å²) in [5, 5.41) is 3.57. The molecule has 2 atom stereocenters. The number of para-hydroxylation sites is 2. The Labute approximate surface area is 218 Å². The molecule has 5 heteroatoms. The SMILES string of the molecule is CC(CC1(CC(C)C(=O)Oc2ccccc2)C2=CCCC=C2C2=C1C=CCN2)C(=O)Oc1ccccc1. The molecule has 0 saturated heterocycles. The molecule has 2 aliphatic carbocycles. The smallest absolute Gasteiger partial charge is 0.314 e. The number of dihydropyridines is 1. The zero-order valence-electron chi connectivity index (χ0n) is 21.4. The number of allylic oxidation sites excluding steroid dienone is 5. The minimum Gasteiger partial charge on any atom is -0.426 e. The first-order chi connectivity index (χ1) is 18.0. The fourth-order valence-corrected chi connectivity index (χ4v) is 5.81. The number of rotatable bonds is 8. The van der Waals surface area contributed by atoms with Gasteiger partial charge >= 0.3 is 11.9 Å². The van der Waals surface area contributed by atoms with Crippen LogP contribution in [0.15, 0.2) is 107 Å². The van der Waals surface area contributed by atoms with Crippen LogP contribution in [0.5, 0.6) is 11.5 Å². The van der Waals surface area contributed by atoms with Crippen LogP contribution in [0.3, 0.4) is 0 Å². The summed E-state index contributed by atoms with van der Waals surface area (Å²) in [6.45, 7) is 4.60. The molecule has 0 fully saturated rings. The summed E-state index contributed by atoms with van der Waals surface area (Å²) in [5.41, 5.74) is 4.19. The first kappa shape index (κ1) is 24.8. The van der Waals surface area contributed by atoms with Gasteiger partial charge in [-0.3, -0.25) is 9.59 Å². The van der Waals surface area contributed by atoms with Crippen LogP contribution < -0.4 is 14.8 Å². The second kappa shape index (κ2) is 10.6. The molecular formula is C32H33NO4. The van der Waals surface area contributed by atoms with E-state index in [0.717, 1.165) is 30.7 Å². The van der Waals surface area contributed by atoms with Crippen LogP contribution in [0.2, 0.25) is 0 Å². The Morgan fingerprint density at radius 3 is 1.95 bits per heavy atom. The summed E-state index contributed by atoms with van der Waals surface area (Å²) in [6, 6.07) is 18.3. The molecule has 2 aromatic rings. The van der Waals surface area contributed by atoms with E-state index in [1.807, 2.05) is 50.2 Å². The standard InChI is InChI=1S/C32H33NO4/c1-22(30(34)36-24-12-5-3-6-13-24)20-32(21-23(2)31(35)37-25-14-7-4-8-15-25)27-17-10-9-16-26(27)29-28(32)18-11-19-33-29/h3-8,11-18,22-23,33H,9-10,19-21H2,1-2H3. The number of carbonyl (C=O) groups excluding carboxylic acids is 2. The lowest BCUT2D eigenvalue weighted by molar-refractivity contribution is -0.139. The highest BCUT2D eigenvalue weighted by Crippen LogP contribution is 2.58. The largest absolute Gasteiger partial charge is 0.426 e. The zero-order chi connectivity index (χ0) is 25.8. The van der Waals surface area contributed by atoms with Crippen molar-refractivity contribution in [2.45, 2.75) is 39.5 Å². The third kappa shape index (κ3) is 5.04.